The molecule has 0 aliphatic rings. The number of phenols is 1. The van der Waals surface area contributed by atoms with Crippen molar-refractivity contribution in [2.24, 2.45) is 0 Å². The predicted octanol–water partition coefficient (Wildman–Crippen LogP) is 4.68. The van der Waals surface area contributed by atoms with Crippen molar-refractivity contribution in [2.45, 2.75) is 0 Å². The second-order valence-electron chi connectivity index (χ2n) is 4.48. The van der Waals surface area contributed by atoms with Crippen molar-refractivity contribution in [3.05, 3.63) is 84.5 Å². The van der Waals surface area contributed by atoms with E-state index in [1.807, 2.05) is 54.6 Å². The van der Waals surface area contributed by atoms with Gasteiger partial charge in [0.05, 0.1) is 7.11 Å². The molecule has 0 heterocycles. The van der Waals surface area contributed by atoms with E-state index in [9.17, 15) is 5.11 Å². The van der Waals surface area contributed by atoms with E-state index < -0.39 is 0 Å². The van der Waals surface area contributed by atoms with Gasteiger partial charge in [0.1, 0.15) is 0 Å². The van der Waals surface area contributed by atoms with Gasteiger partial charge in [-0.3, -0.25) is 0 Å². The average Bonchev–Trinajstić information content (AvgIpc) is 2.53. The summed E-state index contributed by atoms with van der Waals surface area (Å²) in [5.74, 6) is 0.580. The Morgan fingerprint density at radius 2 is 1.90 bits per heavy atom. The first kappa shape index (κ1) is 14.7. The largest absolute Gasteiger partial charge is 0.504 e. The van der Waals surface area contributed by atoms with Crippen LogP contribution in [0.2, 0.25) is 0 Å². The van der Waals surface area contributed by atoms with Gasteiger partial charge in [0.15, 0.2) is 11.5 Å². The quantitative estimate of drug-likeness (QED) is 0.804. The Morgan fingerprint density at radius 3 is 2.57 bits per heavy atom. The molecule has 0 aliphatic carbocycles. The lowest BCUT2D eigenvalue weighted by atomic mass is 10.0. The molecule has 0 aromatic heterocycles. The van der Waals surface area contributed by atoms with Gasteiger partial charge in [-0.15, -0.1) is 0 Å². The van der Waals surface area contributed by atoms with Crippen molar-refractivity contribution in [2.75, 3.05) is 7.11 Å². The lowest BCUT2D eigenvalue weighted by Gasteiger charge is -2.07. The van der Waals surface area contributed by atoms with Crippen LogP contribution in [0.25, 0.3) is 11.6 Å². The number of methoxy groups -OCH3 is 1. The minimum atomic E-state index is 0.129. The number of hydrogen-bond donors (Lipinski definition) is 1. The van der Waals surface area contributed by atoms with E-state index in [-0.39, 0.29) is 5.75 Å². The molecular weight excluding hydrogens is 260 g/mol. The van der Waals surface area contributed by atoms with Crippen LogP contribution in [-0.4, -0.2) is 12.2 Å². The summed E-state index contributed by atoms with van der Waals surface area (Å²) in [4.78, 5) is 0. The van der Waals surface area contributed by atoms with E-state index >= 15 is 0 Å². The molecule has 0 spiro atoms. The fourth-order valence-corrected chi connectivity index (χ4v) is 1.97. The third-order valence-corrected chi connectivity index (χ3v) is 3.10. The van der Waals surface area contributed by atoms with Gasteiger partial charge in [-0.25, -0.2) is 0 Å². The fraction of sp³-hybridized carbons (Fsp3) is 0.0526. The molecule has 0 aliphatic heterocycles. The number of aromatic hydroxyl groups is 1. The standard InChI is InChI=1S/C19H18O2/c1-3-16(11-7-10-15-8-5-4-6-9-15)17-12-13-18(20)19(14-17)21-2/h3-14,20H,1H2,2H3. The number of rotatable bonds is 5. The Balaban J connectivity index is 2.25. The molecule has 0 fully saturated rings. The van der Waals surface area contributed by atoms with Crippen LogP contribution >= 0.6 is 0 Å². The van der Waals surface area contributed by atoms with Gasteiger partial charge in [0.25, 0.3) is 0 Å². The van der Waals surface area contributed by atoms with E-state index in [0.717, 1.165) is 16.7 Å². The van der Waals surface area contributed by atoms with Crippen molar-refractivity contribution in [3.8, 4) is 11.5 Å². The molecule has 106 valence electrons. The summed E-state index contributed by atoms with van der Waals surface area (Å²) in [7, 11) is 1.53. The highest BCUT2D eigenvalue weighted by Gasteiger charge is 2.04. The molecule has 2 heteroatoms. The normalized spacial score (nSPS) is 11.6. The van der Waals surface area contributed by atoms with Crippen LogP contribution in [0.5, 0.6) is 11.5 Å². The maximum absolute atomic E-state index is 9.63. The van der Waals surface area contributed by atoms with Crippen LogP contribution in [0.3, 0.4) is 0 Å². The first-order valence-corrected chi connectivity index (χ1v) is 6.68. The van der Waals surface area contributed by atoms with E-state index in [4.69, 9.17) is 4.74 Å². The highest BCUT2D eigenvalue weighted by Crippen LogP contribution is 2.29. The molecule has 2 aromatic carbocycles. The lowest BCUT2D eigenvalue weighted by Crippen LogP contribution is -1.86. The molecule has 1 N–H and O–H groups in total. The Bertz CT molecular complexity index is 667. The summed E-state index contributed by atoms with van der Waals surface area (Å²) in [6, 6.07) is 15.3. The minimum Gasteiger partial charge on any atom is -0.504 e. The minimum absolute atomic E-state index is 0.129. The molecule has 0 saturated heterocycles. The van der Waals surface area contributed by atoms with E-state index in [1.54, 1.807) is 18.2 Å². The molecule has 0 saturated carbocycles. The molecule has 0 radical (unpaired) electrons. The van der Waals surface area contributed by atoms with Crippen LogP contribution in [0, 0.1) is 0 Å². The summed E-state index contributed by atoms with van der Waals surface area (Å²) in [6.45, 7) is 3.84. The Labute approximate surface area is 125 Å². The zero-order chi connectivity index (χ0) is 15.1. The third kappa shape index (κ3) is 3.86. The summed E-state index contributed by atoms with van der Waals surface area (Å²) in [6.07, 6.45) is 7.76. The molecule has 0 unspecified atom stereocenters. The summed E-state index contributed by atoms with van der Waals surface area (Å²) in [5, 5.41) is 9.63. The van der Waals surface area contributed by atoms with Crippen molar-refractivity contribution < 1.29 is 9.84 Å². The van der Waals surface area contributed by atoms with E-state index in [1.165, 1.54) is 7.11 Å². The third-order valence-electron chi connectivity index (χ3n) is 3.10. The lowest BCUT2D eigenvalue weighted by molar-refractivity contribution is 0.373. The maximum atomic E-state index is 9.63. The van der Waals surface area contributed by atoms with Crippen LogP contribution in [0.15, 0.2) is 73.3 Å². The van der Waals surface area contributed by atoms with E-state index in [2.05, 4.69) is 6.58 Å². The van der Waals surface area contributed by atoms with Crippen LogP contribution in [-0.2, 0) is 0 Å². The number of ether oxygens (including phenoxy) is 1. The number of hydrogen-bond acceptors (Lipinski definition) is 2. The highest BCUT2D eigenvalue weighted by molar-refractivity contribution is 5.77. The van der Waals surface area contributed by atoms with E-state index in [0.29, 0.717) is 5.75 Å². The van der Waals surface area contributed by atoms with Gasteiger partial charge in [-0.1, -0.05) is 67.3 Å². The van der Waals surface area contributed by atoms with Crippen LogP contribution in [0.1, 0.15) is 11.1 Å². The highest BCUT2D eigenvalue weighted by atomic mass is 16.5. The first-order chi connectivity index (χ1) is 10.2. The van der Waals surface area contributed by atoms with Gasteiger partial charge in [0, 0.05) is 0 Å². The molecule has 21 heavy (non-hydrogen) atoms. The van der Waals surface area contributed by atoms with Gasteiger partial charge < -0.3 is 9.84 Å². The van der Waals surface area contributed by atoms with Crippen molar-refractivity contribution in [1.29, 1.82) is 0 Å². The smallest absolute Gasteiger partial charge is 0.161 e. The molecule has 2 rings (SSSR count). The number of benzene rings is 2. The molecule has 0 bridgehead atoms. The van der Waals surface area contributed by atoms with Crippen molar-refractivity contribution >= 4 is 11.6 Å². The second kappa shape index (κ2) is 7.15. The molecule has 0 atom stereocenters. The average molecular weight is 278 g/mol. The Hall–Kier alpha value is -2.74. The molecule has 0 amide bonds. The second-order valence-corrected chi connectivity index (χ2v) is 4.48. The Morgan fingerprint density at radius 1 is 1.14 bits per heavy atom. The topological polar surface area (TPSA) is 29.5 Å². The zero-order valence-electron chi connectivity index (χ0n) is 12.0. The van der Waals surface area contributed by atoms with Gasteiger partial charge in [-0.05, 0) is 28.8 Å². The summed E-state index contributed by atoms with van der Waals surface area (Å²) < 4.78 is 5.12. The Kier molecular flexibility index (Phi) is 4.99. The molecule has 2 nitrogen and oxygen atoms in total. The fourth-order valence-electron chi connectivity index (χ4n) is 1.97. The van der Waals surface area contributed by atoms with Gasteiger partial charge >= 0.3 is 0 Å². The SMILES string of the molecule is C=CC(=CC=Cc1ccccc1)c1ccc(O)c(OC)c1. The summed E-state index contributed by atoms with van der Waals surface area (Å²) >= 11 is 0. The first-order valence-electron chi connectivity index (χ1n) is 6.68. The van der Waals surface area contributed by atoms with Crippen molar-refractivity contribution in [3.63, 3.8) is 0 Å². The van der Waals surface area contributed by atoms with Crippen LogP contribution in [0.4, 0.5) is 0 Å². The zero-order valence-corrected chi connectivity index (χ0v) is 12.0. The van der Waals surface area contributed by atoms with Crippen molar-refractivity contribution in [1.82, 2.24) is 0 Å². The summed E-state index contributed by atoms with van der Waals surface area (Å²) in [5.41, 5.74) is 3.04. The number of phenolic OH excluding ortho intramolecular Hbond substituents is 1. The maximum Gasteiger partial charge on any atom is 0.161 e. The monoisotopic (exact) mass is 278 g/mol. The molecular formula is C19H18O2. The van der Waals surface area contributed by atoms with Gasteiger partial charge in [-0.2, -0.15) is 0 Å². The molecule has 2 aromatic rings. The van der Waals surface area contributed by atoms with Gasteiger partial charge in [0.2, 0.25) is 0 Å². The van der Waals surface area contributed by atoms with Crippen LogP contribution < -0.4 is 4.74 Å². The number of allylic oxidation sites excluding steroid dienone is 4. The predicted molar refractivity (Wildman–Crippen MR) is 88.3 cm³/mol.